The summed E-state index contributed by atoms with van der Waals surface area (Å²) in [6.45, 7) is 22.9. The van der Waals surface area contributed by atoms with E-state index in [1.165, 1.54) is 0 Å². The van der Waals surface area contributed by atoms with E-state index < -0.39 is 27.7 Å². The third-order valence-corrected chi connectivity index (χ3v) is 11.7. The Kier molecular flexibility index (Phi) is 12.1. The van der Waals surface area contributed by atoms with Crippen LogP contribution in [-0.2, 0) is 14.2 Å². The highest BCUT2D eigenvalue weighted by molar-refractivity contribution is 6.76. The Morgan fingerprint density at radius 1 is 0.979 bits per heavy atom. The van der Waals surface area contributed by atoms with Gasteiger partial charge in [0.15, 0.2) is 5.65 Å². The number of rotatable bonds is 14. The van der Waals surface area contributed by atoms with Gasteiger partial charge in [-0.15, -0.1) is 0 Å². The van der Waals surface area contributed by atoms with Crippen LogP contribution in [0.25, 0.3) is 16.8 Å². The molecule has 2 aromatic heterocycles. The summed E-state index contributed by atoms with van der Waals surface area (Å²) in [6, 6.07) is 11.4. The normalized spacial score (nSPS) is 15.9. The zero-order chi connectivity index (χ0) is 35.3. The smallest absolute Gasteiger partial charge is 0.410 e. The van der Waals surface area contributed by atoms with Gasteiger partial charge in [0.1, 0.15) is 24.9 Å². The summed E-state index contributed by atoms with van der Waals surface area (Å²) in [6.07, 6.45) is 3.23. The van der Waals surface area contributed by atoms with Gasteiger partial charge >= 0.3 is 6.09 Å². The first kappa shape index (κ1) is 37.6. The monoisotopic (exact) mass is 696 g/mol. The van der Waals surface area contributed by atoms with Gasteiger partial charge in [-0.1, -0.05) is 51.4 Å². The van der Waals surface area contributed by atoms with Crippen LogP contribution in [0, 0.1) is 0 Å². The van der Waals surface area contributed by atoms with Gasteiger partial charge in [0, 0.05) is 65.6 Å². The number of ether oxygens (including phenoxy) is 3. The second-order valence-corrected chi connectivity index (χ2v) is 27.5. The summed E-state index contributed by atoms with van der Waals surface area (Å²) >= 11 is 0. The van der Waals surface area contributed by atoms with E-state index in [0.29, 0.717) is 51.0 Å². The minimum absolute atomic E-state index is 0.00234. The van der Waals surface area contributed by atoms with E-state index in [-0.39, 0.29) is 12.0 Å². The lowest BCUT2D eigenvalue weighted by Gasteiger charge is -2.34. The van der Waals surface area contributed by atoms with Crippen molar-refractivity contribution < 1.29 is 23.8 Å². The van der Waals surface area contributed by atoms with Crippen molar-refractivity contribution >= 4 is 39.6 Å². The molecule has 48 heavy (non-hydrogen) atoms. The van der Waals surface area contributed by atoms with E-state index in [9.17, 15) is 9.59 Å². The van der Waals surface area contributed by atoms with Gasteiger partial charge in [-0.25, -0.2) is 9.78 Å². The molecular formula is C35H56N6O5Si2. The molecule has 264 valence electrons. The fraction of sp³-hybridized carbons (Fsp3) is 0.600. The Labute approximate surface area is 288 Å². The van der Waals surface area contributed by atoms with Crippen molar-refractivity contribution in [2.24, 2.45) is 5.73 Å². The quantitative estimate of drug-likeness (QED) is 0.108. The van der Waals surface area contributed by atoms with E-state index in [1.54, 1.807) is 23.2 Å². The van der Waals surface area contributed by atoms with Gasteiger partial charge < -0.3 is 29.7 Å². The summed E-state index contributed by atoms with van der Waals surface area (Å²) in [5.74, 6) is 0.331. The van der Waals surface area contributed by atoms with Crippen molar-refractivity contribution in [3.63, 3.8) is 0 Å². The second kappa shape index (κ2) is 15.5. The molecule has 2 N–H and O–H groups in total. The number of amides is 2. The van der Waals surface area contributed by atoms with Crippen LogP contribution >= 0.6 is 0 Å². The van der Waals surface area contributed by atoms with Crippen LogP contribution in [0.4, 0.5) is 10.6 Å². The maximum Gasteiger partial charge on any atom is 0.410 e. The Morgan fingerprint density at radius 3 is 2.12 bits per heavy atom. The lowest BCUT2D eigenvalue weighted by atomic mass is 9.94. The topological polar surface area (TPSA) is 125 Å². The number of nitrogens with two attached hydrogens (primary N) is 1. The Hall–Kier alpha value is -3.27. The number of hydrogen-bond donors (Lipinski definition) is 1. The van der Waals surface area contributed by atoms with Crippen molar-refractivity contribution in [1.29, 1.82) is 0 Å². The molecule has 0 bridgehead atoms. The first-order chi connectivity index (χ1) is 22.4. The molecule has 13 heteroatoms. The second-order valence-electron chi connectivity index (χ2n) is 16.3. The molecule has 1 atom stereocenters. The zero-order valence-electron chi connectivity index (χ0n) is 30.5. The maximum absolute atomic E-state index is 13.1. The first-order valence-corrected chi connectivity index (χ1v) is 24.5. The minimum Gasteiger partial charge on any atom is -0.444 e. The molecular weight excluding hydrogens is 641 g/mol. The molecule has 3 heterocycles. The highest BCUT2D eigenvalue weighted by Crippen LogP contribution is 2.33. The molecule has 1 aliphatic rings. The number of likely N-dealkylation sites (tertiary alicyclic amines) is 1. The molecule has 0 radical (unpaired) electrons. The van der Waals surface area contributed by atoms with Crippen molar-refractivity contribution in [3.05, 3.63) is 47.8 Å². The molecule has 1 aromatic carbocycles. The third kappa shape index (κ3) is 10.9. The predicted octanol–water partition coefficient (Wildman–Crippen LogP) is 7.04. The van der Waals surface area contributed by atoms with Crippen LogP contribution in [-0.4, -0.2) is 93.0 Å². The summed E-state index contributed by atoms with van der Waals surface area (Å²) in [4.78, 5) is 33.9. The van der Waals surface area contributed by atoms with E-state index in [1.807, 2.05) is 37.4 Å². The largest absolute Gasteiger partial charge is 0.444 e. The number of fused-ring (bicyclic) bond motifs is 1. The lowest BCUT2D eigenvalue weighted by molar-refractivity contribution is 0.0197. The highest BCUT2D eigenvalue weighted by Gasteiger charge is 2.31. The van der Waals surface area contributed by atoms with Gasteiger partial charge in [-0.3, -0.25) is 4.79 Å². The molecule has 0 saturated carbocycles. The number of nitrogens with zero attached hydrogens (tertiary/aromatic N) is 5. The molecule has 0 aliphatic carbocycles. The van der Waals surface area contributed by atoms with Crippen molar-refractivity contribution in [2.45, 2.75) is 96.5 Å². The average Bonchev–Trinajstić information content (AvgIpc) is 3.42. The predicted molar refractivity (Wildman–Crippen MR) is 197 cm³/mol. The number of benzene rings is 1. The van der Waals surface area contributed by atoms with Gasteiger partial charge in [0.25, 0.3) is 0 Å². The fourth-order valence-electron chi connectivity index (χ4n) is 5.40. The van der Waals surface area contributed by atoms with Crippen molar-refractivity contribution in [1.82, 2.24) is 19.5 Å². The number of anilines is 1. The molecule has 1 unspecified atom stereocenters. The number of carbonyl (C=O) groups is 2. The van der Waals surface area contributed by atoms with Crippen molar-refractivity contribution in [2.75, 3.05) is 44.7 Å². The van der Waals surface area contributed by atoms with E-state index in [2.05, 4.69) is 50.2 Å². The molecule has 3 aromatic rings. The van der Waals surface area contributed by atoms with Crippen LogP contribution in [0.2, 0.25) is 51.4 Å². The van der Waals surface area contributed by atoms with Gasteiger partial charge in [-0.2, -0.15) is 9.61 Å². The van der Waals surface area contributed by atoms with Crippen LogP contribution in [0.15, 0.2) is 36.5 Å². The molecule has 11 nitrogen and oxygen atoms in total. The standard InChI is InChI=1S/C35H56N6O5Si2/c1-35(2,3)46-34(43)39-16-10-11-28(23-39)30-21-31(40(24-44-17-19-47(4,5)6)25-45-18-20-48(7,8)9)41-33(38-30)29(22-37-41)26-12-14-27(15-13-26)32(36)42/h12-15,21-22,28H,10-11,16-20,23-25H2,1-9H3,(H2,36,42). The Bertz CT molecular complexity index is 1520. The van der Waals surface area contributed by atoms with Crippen LogP contribution < -0.4 is 10.6 Å². The summed E-state index contributed by atoms with van der Waals surface area (Å²) in [5.41, 5.74) is 8.62. The molecule has 1 aliphatic heterocycles. The van der Waals surface area contributed by atoms with Crippen LogP contribution in [0.5, 0.6) is 0 Å². The first-order valence-electron chi connectivity index (χ1n) is 17.1. The molecule has 1 saturated heterocycles. The van der Waals surface area contributed by atoms with E-state index in [0.717, 1.165) is 47.6 Å². The summed E-state index contributed by atoms with van der Waals surface area (Å²) < 4.78 is 20.2. The number of piperidine rings is 1. The SMILES string of the molecule is CC(C)(C)OC(=O)N1CCCC(c2cc(N(COCC[Si](C)(C)C)COCC[Si](C)(C)C)n3ncc(-c4ccc(C(N)=O)cc4)c3n2)C1. The average molecular weight is 697 g/mol. The van der Waals surface area contributed by atoms with Crippen molar-refractivity contribution in [3.8, 4) is 11.1 Å². The third-order valence-electron chi connectivity index (χ3n) is 8.26. The number of carbonyl (C=O) groups excluding carboxylic acids is 2. The molecule has 0 spiro atoms. The minimum atomic E-state index is -1.28. The maximum atomic E-state index is 13.1. The molecule has 2 amide bonds. The fourth-order valence-corrected chi connectivity index (χ4v) is 6.92. The number of primary amides is 1. The van der Waals surface area contributed by atoms with Crippen LogP contribution in [0.1, 0.15) is 55.6 Å². The van der Waals surface area contributed by atoms with Crippen LogP contribution in [0.3, 0.4) is 0 Å². The lowest BCUT2D eigenvalue weighted by Crippen LogP contribution is -2.42. The Balaban J connectivity index is 1.75. The highest BCUT2D eigenvalue weighted by atomic mass is 28.3. The Morgan fingerprint density at radius 2 is 1.58 bits per heavy atom. The molecule has 4 rings (SSSR count). The summed E-state index contributed by atoms with van der Waals surface area (Å²) in [5, 5.41) is 4.82. The van der Waals surface area contributed by atoms with E-state index >= 15 is 0 Å². The number of aromatic nitrogens is 3. The zero-order valence-corrected chi connectivity index (χ0v) is 32.5. The van der Waals surface area contributed by atoms with Gasteiger partial charge in [0.05, 0.1) is 11.9 Å². The van der Waals surface area contributed by atoms with E-state index in [4.69, 9.17) is 30.0 Å². The number of hydrogen-bond acceptors (Lipinski definition) is 8. The van der Waals surface area contributed by atoms with Gasteiger partial charge in [-0.05, 0) is 63.4 Å². The summed E-state index contributed by atoms with van der Waals surface area (Å²) in [7, 11) is -2.56. The van der Waals surface area contributed by atoms with Gasteiger partial charge in [0.2, 0.25) is 5.91 Å². The molecule has 1 fully saturated rings.